The minimum atomic E-state index is -0.672. The average molecular weight is 457 g/mol. The van der Waals surface area contributed by atoms with Crippen LogP contribution in [0.2, 0.25) is 0 Å². The van der Waals surface area contributed by atoms with E-state index in [1.54, 1.807) is 31.4 Å². The van der Waals surface area contributed by atoms with E-state index in [1.165, 1.54) is 38.8 Å². The summed E-state index contributed by atoms with van der Waals surface area (Å²) in [4.78, 5) is 44.1. The number of benzene rings is 1. The van der Waals surface area contributed by atoms with Gasteiger partial charge in [-0.2, -0.15) is 0 Å². The topological polar surface area (TPSA) is 82.2 Å². The Bertz CT molecular complexity index is 831. The van der Waals surface area contributed by atoms with E-state index in [9.17, 15) is 14.4 Å². The molecule has 0 aliphatic carbocycles. The fourth-order valence-corrected chi connectivity index (χ4v) is 5.57. The number of urea groups is 1. The molecule has 3 heterocycles. The van der Waals surface area contributed by atoms with E-state index in [-0.39, 0.29) is 18.2 Å². The predicted octanol–water partition coefficient (Wildman–Crippen LogP) is 2.63. The first kappa shape index (κ1) is 23.7. The molecule has 3 fully saturated rings. The molecule has 180 valence electrons. The molecule has 8 nitrogen and oxygen atoms in total. The van der Waals surface area contributed by atoms with Crippen LogP contribution in [0.3, 0.4) is 0 Å². The summed E-state index contributed by atoms with van der Waals surface area (Å²) in [5, 5.41) is 2.74. The van der Waals surface area contributed by atoms with Gasteiger partial charge in [0.15, 0.2) is 0 Å². The van der Waals surface area contributed by atoms with Crippen LogP contribution < -0.4 is 10.2 Å². The third kappa shape index (κ3) is 5.55. The summed E-state index contributed by atoms with van der Waals surface area (Å²) in [5.74, 6) is 0.217. The Morgan fingerprint density at radius 3 is 2.70 bits per heavy atom. The fourth-order valence-electron chi connectivity index (χ4n) is 5.57. The number of anilines is 1. The molecule has 0 spiro atoms. The second-order valence-electron chi connectivity index (χ2n) is 9.38. The van der Waals surface area contributed by atoms with Gasteiger partial charge in [-0.1, -0.05) is 24.6 Å². The molecule has 0 saturated carbocycles. The largest absolute Gasteiger partial charge is 0.383 e. The molecule has 4 rings (SSSR count). The number of para-hydroxylation sites is 1. The molecule has 8 heteroatoms. The summed E-state index contributed by atoms with van der Waals surface area (Å²) in [5.41, 5.74) is 0.546. The predicted molar refractivity (Wildman–Crippen MR) is 126 cm³/mol. The summed E-state index contributed by atoms with van der Waals surface area (Å²) in [7, 11) is 1.65. The first-order valence-electron chi connectivity index (χ1n) is 12.3. The molecule has 0 aromatic heterocycles. The van der Waals surface area contributed by atoms with E-state index in [4.69, 9.17) is 4.74 Å². The molecule has 3 aliphatic heterocycles. The van der Waals surface area contributed by atoms with Crippen LogP contribution in [0.25, 0.3) is 0 Å². The van der Waals surface area contributed by atoms with Crippen molar-refractivity contribution in [2.45, 2.75) is 57.0 Å². The minimum Gasteiger partial charge on any atom is -0.383 e. The zero-order chi connectivity index (χ0) is 23.2. The average Bonchev–Trinajstić information content (AvgIpc) is 3.13. The highest BCUT2D eigenvalue weighted by Crippen LogP contribution is 2.31. The number of carbonyl (C=O) groups excluding carboxylic acids is 3. The van der Waals surface area contributed by atoms with Crippen LogP contribution >= 0.6 is 0 Å². The molecular weight excluding hydrogens is 420 g/mol. The van der Waals surface area contributed by atoms with Crippen LogP contribution in [-0.4, -0.2) is 79.6 Å². The number of nitrogens with zero attached hydrogens (tertiary/aromatic N) is 3. The molecule has 3 saturated heterocycles. The summed E-state index contributed by atoms with van der Waals surface area (Å²) in [6.45, 7) is 4.14. The number of piperidine rings is 2. The van der Waals surface area contributed by atoms with Crippen molar-refractivity contribution < 1.29 is 19.1 Å². The highest BCUT2D eigenvalue weighted by atomic mass is 16.5. The summed E-state index contributed by atoms with van der Waals surface area (Å²) in [6.07, 6.45) is 6.63. The zero-order valence-electron chi connectivity index (χ0n) is 19.6. The van der Waals surface area contributed by atoms with Gasteiger partial charge in [-0.3, -0.25) is 9.59 Å². The second kappa shape index (κ2) is 11.1. The molecule has 3 atom stereocenters. The summed E-state index contributed by atoms with van der Waals surface area (Å²) in [6, 6.07) is 8.35. The van der Waals surface area contributed by atoms with Gasteiger partial charge in [0.05, 0.1) is 12.3 Å². The Morgan fingerprint density at radius 2 is 1.91 bits per heavy atom. The van der Waals surface area contributed by atoms with Crippen molar-refractivity contribution in [3.63, 3.8) is 0 Å². The van der Waals surface area contributed by atoms with Crippen molar-refractivity contribution >= 4 is 23.5 Å². The lowest BCUT2D eigenvalue weighted by atomic mass is 9.83. The Labute approximate surface area is 196 Å². The smallest absolute Gasteiger partial charge is 0.329 e. The van der Waals surface area contributed by atoms with Crippen molar-refractivity contribution in [2.75, 3.05) is 44.8 Å². The highest BCUT2D eigenvalue weighted by molar-refractivity contribution is 6.21. The number of hydrogen-bond donors (Lipinski definition) is 1. The Balaban J connectivity index is 1.35. The Kier molecular flexibility index (Phi) is 7.98. The van der Waals surface area contributed by atoms with Crippen LogP contribution in [0.5, 0.6) is 0 Å². The number of rotatable bonds is 9. The van der Waals surface area contributed by atoms with Crippen LogP contribution in [0, 0.1) is 5.92 Å². The van der Waals surface area contributed by atoms with E-state index in [0.29, 0.717) is 37.2 Å². The molecule has 0 unspecified atom stereocenters. The van der Waals surface area contributed by atoms with Gasteiger partial charge in [0.1, 0.15) is 6.04 Å². The normalized spacial score (nSPS) is 25.6. The molecule has 0 radical (unpaired) electrons. The number of ether oxygens (including phenoxy) is 1. The zero-order valence-corrected chi connectivity index (χ0v) is 19.6. The highest BCUT2D eigenvalue weighted by Gasteiger charge is 2.39. The van der Waals surface area contributed by atoms with E-state index in [2.05, 4.69) is 10.2 Å². The van der Waals surface area contributed by atoms with Gasteiger partial charge in [-0.25, -0.2) is 9.69 Å². The van der Waals surface area contributed by atoms with Crippen molar-refractivity contribution in [2.24, 2.45) is 5.92 Å². The second-order valence-corrected chi connectivity index (χ2v) is 9.38. The van der Waals surface area contributed by atoms with E-state index in [0.717, 1.165) is 17.9 Å². The quantitative estimate of drug-likeness (QED) is 0.578. The molecule has 33 heavy (non-hydrogen) atoms. The van der Waals surface area contributed by atoms with Crippen LogP contribution in [0.4, 0.5) is 10.5 Å². The van der Waals surface area contributed by atoms with E-state index < -0.39 is 12.1 Å². The molecule has 1 aromatic carbocycles. The number of fused-ring (bicyclic) bond motifs is 1. The number of amides is 4. The maximum Gasteiger partial charge on any atom is 0.329 e. The minimum absolute atomic E-state index is 0.0280. The number of nitrogens with one attached hydrogen (secondary N) is 1. The van der Waals surface area contributed by atoms with Crippen molar-refractivity contribution in [1.29, 1.82) is 0 Å². The maximum atomic E-state index is 13.2. The van der Waals surface area contributed by atoms with Crippen LogP contribution in [0.1, 0.15) is 44.9 Å². The van der Waals surface area contributed by atoms with Gasteiger partial charge in [0.2, 0.25) is 5.91 Å². The molecule has 4 amide bonds. The lowest BCUT2D eigenvalue weighted by molar-refractivity contribution is -0.133. The lowest BCUT2D eigenvalue weighted by Gasteiger charge is -2.45. The van der Waals surface area contributed by atoms with E-state index in [1.807, 2.05) is 11.0 Å². The molecular formula is C25H36N4O4. The number of hydrogen-bond acceptors (Lipinski definition) is 5. The molecule has 1 aromatic rings. The van der Waals surface area contributed by atoms with Crippen molar-refractivity contribution in [1.82, 2.24) is 15.1 Å². The monoisotopic (exact) mass is 456 g/mol. The fraction of sp³-hybridized carbons (Fsp3) is 0.640. The molecule has 3 aliphatic rings. The maximum absolute atomic E-state index is 13.2. The Hall–Kier alpha value is -2.45. The van der Waals surface area contributed by atoms with Gasteiger partial charge in [0.25, 0.3) is 5.91 Å². The first-order valence-corrected chi connectivity index (χ1v) is 12.3. The number of methoxy groups -OCH3 is 1. The molecule has 1 N–H and O–H groups in total. The first-order chi connectivity index (χ1) is 16.1. The summed E-state index contributed by atoms with van der Waals surface area (Å²) >= 11 is 0. The standard InChI is InChI=1S/C25H36N4O4/c1-33-17-16-28(18-19-8-7-15-27-14-6-5-11-22(19)27)23(30)13-12-21-24(31)29(25(32)26-21)20-9-3-2-4-10-20/h2-4,9-10,19,21-22H,5-8,11-18H2,1H3,(H,26,32)/t19-,21+,22+/m0/s1. The number of imide groups is 1. The molecule has 0 bridgehead atoms. The van der Waals surface area contributed by atoms with Crippen molar-refractivity contribution in [3.05, 3.63) is 30.3 Å². The van der Waals surface area contributed by atoms with Gasteiger partial charge in [0, 0.05) is 32.7 Å². The third-order valence-corrected chi connectivity index (χ3v) is 7.28. The van der Waals surface area contributed by atoms with Gasteiger partial charge in [-0.05, 0) is 63.2 Å². The third-order valence-electron chi connectivity index (χ3n) is 7.28. The number of carbonyl (C=O) groups is 3. The SMILES string of the molecule is COCCN(C[C@@H]1CCCN2CCCC[C@H]12)C(=O)CC[C@H]1NC(=O)N(c2ccccc2)C1=O. The Morgan fingerprint density at radius 1 is 1.12 bits per heavy atom. The summed E-state index contributed by atoms with van der Waals surface area (Å²) < 4.78 is 5.27. The van der Waals surface area contributed by atoms with Crippen LogP contribution in [-0.2, 0) is 14.3 Å². The lowest BCUT2D eigenvalue weighted by Crippen LogP contribution is -2.52. The van der Waals surface area contributed by atoms with E-state index >= 15 is 0 Å². The van der Waals surface area contributed by atoms with Gasteiger partial charge < -0.3 is 19.9 Å². The van der Waals surface area contributed by atoms with Gasteiger partial charge in [-0.15, -0.1) is 0 Å². The van der Waals surface area contributed by atoms with Crippen LogP contribution in [0.15, 0.2) is 30.3 Å². The van der Waals surface area contributed by atoms with Gasteiger partial charge >= 0.3 is 6.03 Å². The van der Waals surface area contributed by atoms with Crippen molar-refractivity contribution in [3.8, 4) is 0 Å².